The van der Waals surface area contributed by atoms with Gasteiger partial charge in [0, 0.05) is 5.25 Å². The molecule has 0 saturated heterocycles. The van der Waals surface area contributed by atoms with Crippen molar-refractivity contribution in [3.05, 3.63) is 35.9 Å². The van der Waals surface area contributed by atoms with Gasteiger partial charge in [0.2, 0.25) is 0 Å². The second-order valence-corrected chi connectivity index (χ2v) is 6.22. The molecule has 0 bridgehead atoms. The molecular formula is C15H20O2S. The van der Waals surface area contributed by atoms with Crippen LogP contribution in [-0.4, -0.2) is 22.1 Å². The summed E-state index contributed by atoms with van der Waals surface area (Å²) < 4.78 is 0. The molecule has 1 aliphatic rings. The van der Waals surface area contributed by atoms with Crippen LogP contribution in [0.2, 0.25) is 0 Å². The highest BCUT2D eigenvalue weighted by atomic mass is 32.2. The van der Waals surface area contributed by atoms with Crippen molar-refractivity contribution < 1.29 is 9.90 Å². The number of hydrogen-bond donors (Lipinski definition) is 1. The standard InChI is InChI=1S/C15H20O2S/c16-15(17)13-8-4-5-9-14(13)18-11-10-12-6-2-1-3-7-12/h1-3,6-7,13-14H,4-5,8-11H2,(H,16,17). The first kappa shape index (κ1) is 13.5. The van der Waals surface area contributed by atoms with Crippen LogP contribution in [0.1, 0.15) is 31.2 Å². The summed E-state index contributed by atoms with van der Waals surface area (Å²) >= 11 is 1.85. The van der Waals surface area contributed by atoms with E-state index in [1.165, 1.54) is 12.0 Å². The summed E-state index contributed by atoms with van der Waals surface area (Å²) in [6.45, 7) is 0. The van der Waals surface area contributed by atoms with Crippen LogP contribution >= 0.6 is 11.8 Å². The zero-order chi connectivity index (χ0) is 12.8. The van der Waals surface area contributed by atoms with Crippen molar-refractivity contribution in [2.45, 2.75) is 37.4 Å². The van der Waals surface area contributed by atoms with E-state index in [9.17, 15) is 9.90 Å². The molecule has 0 spiro atoms. The second-order valence-electron chi connectivity index (χ2n) is 4.87. The summed E-state index contributed by atoms with van der Waals surface area (Å²) in [4.78, 5) is 11.2. The summed E-state index contributed by atoms with van der Waals surface area (Å²) in [5, 5.41) is 9.53. The van der Waals surface area contributed by atoms with Crippen molar-refractivity contribution in [1.29, 1.82) is 0 Å². The van der Waals surface area contributed by atoms with Gasteiger partial charge in [0.1, 0.15) is 0 Å². The highest BCUT2D eigenvalue weighted by Gasteiger charge is 2.30. The predicted molar refractivity (Wildman–Crippen MR) is 76.0 cm³/mol. The van der Waals surface area contributed by atoms with Gasteiger partial charge in [-0.1, -0.05) is 43.2 Å². The summed E-state index contributed by atoms with van der Waals surface area (Å²) in [5.74, 6) is 0.296. The molecule has 1 aromatic rings. The van der Waals surface area contributed by atoms with E-state index < -0.39 is 5.97 Å². The third kappa shape index (κ3) is 3.77. The minimum atomic E-state index is -0.605. The zero-order valence-electron chi connectivity index (χ0n) is 10.5. The number of thioether (sulfide) groups is 1. The highest BCUT2D eigenvalue weighted by Crippen LogP contribution is 2.33. The lowest BCUT2D eigenvalue weighted by Crippen LogP contribution is -2.29. The van der Waals surface area contributed by atoms with Gasteiger partial charge in [-0.05, 0) is 30.6 Å². The molecule has 1 N–H and O–H groups in total. The van der Waals surface area contributed by atoms with Crippen molar-refractivity contribution >= 4 is 17.7 Å². The quantitative estimate of drug-likeness (QED) is 0.882. The molecule has 18 heavy (non-hydrogen) atoms. The molecule has 2 atom stereocenters. The maximum atomic E-state index is 11.2. The van der Waals surface area contributed by atoms with Gasteiger partial charge in [-0.15, -0.1) is 0 Å². The van der Waals surface area contributed by atoms with Crippen LogP contribution in [0.25, 0.3) is 0 Å². The van der Waals surface area contributed by atoms with Gasteiger partial charge >= 0.3 is 5.97 Å². The number of benzene rings is 1. The number of aryl methyl sites for hydroxylation is 1. The molecule has 98 valence electrons. The Labute approximate surface area is 113 Å². The van der Waals surface area contributed by atoms with E-state index in [2.05, 4.69) is 24.3 Å². The Kier molecular flexibility index (Phi) is 5.12. The van der Waals surface area contributed by atoms with Gasteiger partial charge in [0.15, 0.2) is 0 Å². The van der Waals surface area contributed by atoms with E-state index in [1.807, 2.05) is 17.8 Å². The molecule has 1 aromatic carbocycles. The monoisotopic (exact) mass is 264 g/mol. The highest BCUT2D eigenvalue weighted by molar-refractivity contribution is 7.99. The molecule has 1 fully saturated rings. The average molecular weight is 264 g/mol. The molecule has 0 aromatic heterocycles. The van der Waals surface area contributed by atoms with Crippen LogP contribution in [0.4, 0.5) is 0 Å². The van der Waals surface area contributed by atoms with Crippen LogP contribution in [0, 0.1) is 5.92 Å². The van der Waals surface area contributed by atoms with E-state index >= 15 is 0 Å². The molecule has 0 heterocycles. The van der Waals surface area contributed by atoms with Crippen molar-refractivity contribution in [3.63, 3.8) is 0 Å². The smallest absolute Gasteiger partial charge is 0.307 e. The average Bonchev–Trinajstić information content (AvgIpc) is 2.40. The molecule has 2 nitrogen and oxygen atoms in total. The lowest BCUT2D eigenvalue weighted by molar-refractivity contribution is -0.142. The van der Waals surface area contributed by atoms with Gasteiger partial charge in [-0.25, -0.2) is 0 Å². The predicted octanol–water partition coefficient (Wildman–Crippen LogP) is 3.61. The summed E-state index contributed by atoms with van der Waals surface area (Å²) in [6.07, 6.45) is 5.22. The minimum Gasteiger partial charge on any atom is -0.481 e. The summed E-state index contributed by atoms with van der Waals surface area (Å²) in [5.41, 5.74) is 1.34. The minimum absolute atomic E-state index is 0.125. The Balaban J connectivity index is 1.79. The van der Waals surface area contributed by atoms with Crippen LogP contribution in [0.15, 0.2) is 30.3 Å². The summed E-state index contributed by atoms with van der Waals surface area (Å²) in [7, 11) is 0. The van der Waals surface area contributed by atoms with E-state index in [0.29, 0.717) is 5.25 Å². The normalized spacial score (nSPS) is 23.8. The van der Waals surface area contributed by atoms with Gasteiger partial charge in [0.25, 0.3) is 0 Å². The Morgan fingerprint density at radius 3 is 2.67 bits per heavy atom. The van der Waals surface area contributed by atoms with Crippen molar-refractivity contribution in [3.8, 4) is 0 Å². The number of aliphatic carboxylic acids is 1. The van der Waals surface area contributed by atoms with Crippen molar-refractivity contribution in [1.82, 2.24) is 0 Å². The Morgan fingerprint density at radius 2 is 1.94 bits per heavy atom. The SMILES string of the molecule is O=C(O)C1CCCCC1SCCc1ccccc1. The largest absolute Gasteiger partial charge is 0.481 e. The maximum absolute atomic E-state index is 11.2. The lowest BCUT2D eigenvalue weighted by Gasteiger charge is -2.27. The van der Waals surface area contributed by atoms with Crippen LogP contribution in [0.3, 0.4) is 0 Å². The Bertz CT molecular complexity index is 377. The van der Waals surface area contributed by atoms with E-state index in [4.69, 9.17) is 0 Å². The molecule has 0 radical (unpaired) electrons. The topological polar surface area (TPSA) is 37.3 Å². The molecular weight excluding hydrogens is 244 g/mol. The molecule has 2 rings (SSSR count). The number of hydrogen-bond acceptors (Lipinski definition) is 2. The van der Waals surface area contributed by atoms with Gasteiger partial charge in [0.05, 0.1) is 5.92 Å². The first-order chi connectivity index (χ1) is 8.77. The first-order valence-corrected chi connectivity index (χ1v) is 7.70. The summed E-state index contributed by atoms with van der Waals surface area (Å²) in [6, 6.07) is 10.4. The maximum Gasteiger partial charge on any atom is 0.307 e. The molecule has 2 unspecified atom stereocenters. The van der Waals surface area contributed by atoms with E-state index in [-0.39, 0.29) is 5.92 Å². The third-order valence-electron chi connectivity index (χ3n) is 3.59. The number of rotatable bonds is 5. The number of carbonyl (C=O) groups is 1. The second kappa shape index (κ2) is 6.83. The molecule has 0 amide bonds. The van der Waals surface area contributed by atoms with Crippen LogP contribution < -0.4 is 0 Å². The van der Waals surface area contributed by atoms with Gasteiger partial charge in [-0.3, -0.25) is 4.79 Å². The molecule has 1 aliphatic carbocycles. The van der Waals surface area contributed by atoms with Crippen LogP contribution in [0.5, 0.6) is 0 Å². The van der Waals surface area contributed by atoms with Gasteiger partial charge in [-0.2, -0.15) is 11.8 Å². The van der Waals surface area contributed by atoms with E-state index in [0.717, 1.165) is 31.4 Å². The fourth-order valence-corrected chi connectivity index (χ4v) is 4.03. The fourth-order valence-electron chi connectivity index (χ4n) is 2.55. The van der Waals surface area contributed by atoms with E-state index in [1.54, 1.807) is 0 Å². The fraction of sp³-hybridized carbons (Fsp3) is 0.533. The Morgan fingerprint density at radius 1 is 1.22 bits per heavy atom. The third-order valence-corrected chi connectivity index (χ3v) is 5.02. The molecule has 1 saturated carbocycles. The van der Waals surface area contributed by atoms with Gasteiger partial charge < -0.3 is 5.11 Å². The number of carboxylic acid groups (broad SMARTS) is 1. The molecule has 0 aliphatic heterocycles. The molecule has 3 heteroatoms. The van der Waals surface area contributed by atoms with Crippen molar-refractivity contribution in [2.24, 2.45) is 5.92 Å². The Hall–Kier alpha value is -0.960. The zero-order valence-corrected chi connectivity index (χ0v) is 11.4. The number of carboxylic acids is 1. The first-order valence-electron chi connectivity index (χ1n) is 6.65. The lowest BCUT2D eigenvalue weighted by atomic mass is 9.89. The van der Waals surface area contributed by atoms with Crippen LogP contribution in [-0.2, 0) is 11.2 Å². The van der Waals surface area contributed by atoms with Crippen molar-refractivity contribution in [2.75, 3.05) is 5.75 Å².